The molecule has 0 amide bonds. The molecule has 2 aromatic rings. The maximum absolute atomic E-state index is 5.65. The fourth-order valence-electron chi connectivity index (χ4n) is 2.20. The topological polar surface area (TPSA) is 86.0 Å². The normalized spacial score (nSPS) is 17.4. The third kappa shape index (κ3) is 2.42. The number of fused-ring (bicyclic) bond motifs is 1. The summed E-state index contributed by atoms with van der Waals surface area (Å²) in [5.41, 5.74) is 7.89. The van der Waals surface area contributed by atoms with Crippen LogP contribution in [-0.2, 0) is 0 Å². The van der Waals surface area contributed by atoms with Crippen LogP contribution in [0.25, 0.3) is 0 Å². The van der Waals surface area contributed by atoms with Crippen LogP contribution in [0.5, 0.6) is 5.75 Å². The van der Waals surface area contributed by atoms with Crippen molar-refractivity contribution in [3.05, 3.63) is 35.7 Å². The molecule has 6 heteroatoms. The van der Waals surface area contributed by atoms with Gasteiger partial charge in [0.05, 0.1) is 12.6 Å². The number of nitrogen functional groups attached to an aromatic ring is 1. The molecule has 0 spiro atoms. The van der Waals surface area contributed by atoms with Gasteiger partial charge in [0.15, 0.2) is 0 Å². The summed E-state index contributed by atoms with van der Waals surface area (Å²) in [4.78, 5) is 11.9. The standard InChI is InChI=1S/C13H15N5O/c1-8-2-3-11-9(6-8)10(4-5-19-11)17-13-16-7-15-12(14)18-13/h2-3,6-7,10H,4-5H2,1H3,(H3,14,15,16,17,18). The first-order chi connectivity index (χ1) is 9.22. The van der Waals surface area contributed by atoms with E-state index in [0.29, 0.717) is 12.6 Å². The van der Waals surface area contributed by atoms with Crippen LogP contribution in [-0.4, -0.2) is 21.6 Å². The van der Waals surface area contributed by atoms with Crippen LogP contribution in [0, 0.1) is 6.92 Å². The highest BCUT2D eigenvalue weighted by molar-refractivity contribution is 5.44. The minimum atomic E-state index is 0.130. The molecule has 0 saturated heterocycles. The largest absolute Gasteiger partial charge is 0.493 e. The summed E-state index contributed by atoms with van der Waals surface area (Å²) in [5, 5.41) is 3.28. The van der Waals surface area contributed by atoms with Crippen LogP contribution in [0.4, 0.5) is 11.9 Å². The van der Waals surface area contributed by atoms with Gasteiger partial charge in [-0.15, -0.1) is 0 Å². The van der Waals surface area contributed by atoms with Gasteiger partial charge in [0.2, 0.25) is 11.9 Å². The lowest BCUT2D eigenvalue weighted by Crippen LogP contribution is -2.21. The zero-order valence-corrected chi connectivity index (χ0v) is 10.6. The molecule has 0 radical (unpaired) electrons. The molecule has 1 aliphatic rings. The van der Waals surface area contributed by atoms with Crippen molar-refractivity contribution in [2.24, 2.45) is 0 Å². The number of aryl methyl sites for hydroxylation is 1. The molecule has 0 saturated carbocycles. The summed E-state index contributed by atoms with van der Waals surface area (Å²) in [6.07, 6.45) is 2.27. The minimum absolute atomic E-state index is 0.130. The summed E-state index contributed by atoms with van der Waals surface area (Å²) in [7, 11) is 0. The lowest BCUT2D eigenvalue weighted by Gasteiger charge is -2.27. The lowest BCUT2D eigenvalue weighted by atomic mass is 9.99. The number of ether oxygens (including phenoxy) is 1. The first-order valence-electron chi connectivity index (χ1n) is 6.17. The van der Waals surface area contributed by atoms with Gasteiger partial charge in [0.1, 0.15) is 12.1 Å². The Bertz CT molecular complexity index is 601. The predicted molar refractivity (Wildman–Crippen MR) is 71.9 cm³/mol. The van der Waals surface area contributed by atoms with Crippen LogP contribution in [0.2, 0.25) is 0 Å². The van der Waals surface area contributed by atoms with E-state index in [2.05, 4.69) is 33.3 Å². The Morgan fingerprint density at radius 2 is 2.26 bits per heavy atom. The third-order valence-electron chi connectivity index (χ3n) is 3.10. The number of hydrogen-bond acceptors (Lipinski definition) is 6. The number of benzene rings is 1. The van der Waals surface area contributed by atoms with Crippen molar-refractivity contribution in [2.45, 2.75) is 19.4 Å². The fourth-order valence-corrected chi connectivity index (χ4v) is 2.20. The van der Waals surface area contributed by atoms with Crippen molar-refractivity contribution in [3.8, 4) is 5.75 Å². The van der Waals surface area contributed by atoms with Gasteiger partial charge in [-0.1, -0.05) is 17.7 Å². The molecule has 1 aromatic heterocycles. The molecule has 1 aliphatic heterocycles. The van der Waals surface area contributed by atoms with E-state index in [1.54, 1.807) is 0 Å². The Morgan fingerprint density at radius 3 is 3.11 bits per heavy atom. The van der Waals surface area contributed by atoms with Crippen molar-refractivity contribution in [2.75, 3.05) is 17.7 Å². The molecule has 0 fully saturated rings. The van der Waals surface area contributed by atoms with Gasteiger partial charge in [0, 0.05) is 12.0 Å². The summed E-state index contributed by atoms with van der Waals surface area (Å²) >= 11 is 0. The van der Waals surface area contributed by atoms with Crippen molar-refractivity contribution in [3.63, 3.8) is 0 Å². The highest BCUT2D eigenvalue weighted by Crippen LogP contribution is 2.34. The Morgan fingerprint density at radius 1 is 1.37 bits per heavy atom. The van der Waals surface area contributed by atoms with Gasteiger partial charge in [-0.3, -0.25) is 0 Å². The number of nitrogens with one attached hydrogen (secondary N) is 1. The van der Waals surface area contributed by atoms with E-state index in [-0.39, 0.29) is 12.0 Å². The molecule has 1 atom stereocenters. The molecule has 0 bridgehead atoms. The number of rotatable bonds is 2. The molecule has 3 rings (SSSR count). The summed E-state index contributed by atoms with van der Waals surface area (Å²) in [5.74, 6) is 1.62. The second-order valence-electron chi connectivity index (χ2n) is 4.54. The average molecular weight is 257 g/mol. The summed E-state index contributed by atoms with van der Waals surface area (Å²) in [6, 6.07) is 6.30. The van der Waals surface area contributed by atoms with E-state index in [9.17, 15) is 0 Å². The molecular formula is C13H15N5O. The third-order valence-corrected chi connectivity index (χ3v) is 3.10. The van der Waals surface area contributed by atoms with Crippen molar-refractivity contribution >= 4 is 11.9 Å². The molecular weight excluding hydrogens is 242 g/mol. The first-order valence-corrected chi connectivity index (χ1v) is 6.17. The summed E-state index contributed by atoms with van der Waals surface area (Å²) in [6.45, 7) is 2.74. The highest BCUT2D eigenvalue weighted by Gasteiger charge is 2.22. The number of aromatic nitrogens is 3. The Labute approximate surface area is 111 Å². The van der Waals surface area contributed by atoms with Crippen LogP contribution < -0.4 is 15.8 Å². The van der Waals surface area contributed by atoms with Crippen molar-refractivity contribution in [1.29, 1.82) is 0 Å². The SMILES string of the molecule is Cc1ccc2c(c1)C(Nc1ncnc(N)n1)CCO2. The predicted octanol–water partition coefficient (Wildman–Crippen LogP) is 1.70. The Kier molecular flexibility index (Phi) is 2.91. The Balaban J connectivity index is 1.89. The maximum Gasteiger partial charge on any atom is 0.227 e. The van der Waals surface area contributed by atoms with E-state index >= 15 is 0 Å². The molecule has 1 unspecified atom stereocenters. The number of nitrogens with two attached hydrogens (primary N) is 1. The maximum atomic E-state index is 5.65. The lowest BCUT2D eigenvalue weighted by molar-refractivity contribution is 0.274. The zero-order chi connectivity index (χ0) is 13.2. The molecule has 1 aromatic carbocycles. The van der Waals surface area contributed by atoms with Gasteiger partial charge >= 0.3 is 0 Å². The van der Waals surface area contributed by atoms with Gasteiger partial charge in [-0.05, 0) is 13.0 Å². The van der Waals surface area contributed by atoms with Crippen molar-refractivity contribution < 1.29 is 4.74 Å². The minimum Gasteiger partial charge on any atom is -0.493 e. The van der Waals surface area contributed by atoms with Crippen molar-refractivity contribution in [1.82, 2.24) is 15.0 Å². The van der Waals surface area contributed by atoms with E-state index < -0.39 is 0 Å². The van der Waals surface area contributed by atoms with Crippen LogP contribution >= 0.6 is 0 Å². The molecule has 0 aliphatic carbocycles. The number of nitrogens with zero attached hydrogens (tertiary/aromatic N) is 3. The quantitative estimate of drug-likeness (QED) is 0.851. The fraction of sp³-hybridized carbons (Fsp3) is 0.308. The van der Waals surface area contributed by atoms with Crippen LogP contribution in [0.3, 0.4) is 0 Å². The molecule has 98 valence electrons. The van der Waals surface area contributed by atoms with Crippen LogP contribution in [0.1, 0.15) is 23.6 Å². The van der Waals surface area contributed by atoms with E-state index in [0.717, 1.165) is 17.7 Å². The number of anilines is 2. The smallest absolute Gasteiger partial charge is 0.227 e. The van der Waals surface area contributed by atoms with Gasteiger partial charge < -0.3 is 15.8 Å². The van der Waals surface area contributed by atoms with E-state index in [1.165, 1.54) is 11.9 Å². The van der Waals surface area contributed by atoms with Crippen LogP contribution in [0.15, 0.2) is 24.5 Å². The average Bonchev–Trinajstić information content (AvgIpc) is 2.39. The molecule has 19 heavy (non-hydrogen) atoms. The summed E-state index contributed by atoms with van der Waals surface area (Å²) < 4.78 is 5.65. The van der Waals surface area contributed by atoms with E-state index in [4.69, 9.17) is 10.5 Å². The molecule has 2 heterocycles. The second-order valence-corrected chi connectivity index (χ2v) is 4.54. The highest BCUT2D eigenvalue weighted by atomic mass is 16.5. The van der Waals surface area contributed by atoms with Gasteiger partial charge in [-0.2, -0.15) is 4.98 Å². The zero-order valence-electron chi connectivity index (χ0n) is 10.6. The van der Waals surface area contributed by atoms with Gasteiger partial charge in [0.25, 0.3) is 0 Å². The molecule has 3 N–H and O–H groups in total. The second kappa shape index (κ2) is 4.72. The van der Waals surface area contributed by atoms with Gasteiger partial charge in [-0.25, -0.2) is 9.97 Å². The first kappa shape index (κ1) is 11.7. The number of hydrogen-bond donors (Lipinski definition) is 2. The van der Waals surface area contributed by atoms with E-state index in [1.807, 2.05) is 12.1 Å². The molecule has 6 nitrogen and oxygen atoms in total. The Hall–Kier alpha value is -2.37. The monoisotopic (exact) mass is 257 g/mol.